The fraction of sp³-hybridized carbons (Fsp3) is 0.105. The molecule has 0 aliphatic heterocycles. The van der Waals surface area contributed by atoms with Crippen molar-refractivity contribution in [1.82, 2.24) is 9.97 Å². The Hall–Kier alpha value is -3.30. The van der Waals surface area contributed by atoms with Crippen molar-refractivity contribution in [3.63, 3.8) is 0 Å². The lowest BCUT2D eigenvalue weighted by atomic mass is 10.1. The van der Waals surface area contributed by atoms with Crippen molar-refractivity contribution in [2.45, 2.75) is 11.3 Å². The maximum atomic E-state index is 12.3. The summed E-state index contributed by atoms with van der Waals surface area (Å²) < 4.78 is 22.5. The largest absolute Gasteiger partial charge is 0.354 e. The van der Waals surface area contributed by atoms with Gasteiger partial charge in [0.25, 0.3) is 5.91 Å². The van der Waals surface area contributed by atoms with Crippen molar-refractivity contribution in [2.75, 3.05) is 17.2 Å². The van der Waals surface area contributed by atoms with E-state index in [1.807, 2.05) is 18.2 Å². The summed E-state index contributed by atoms with van der Waals surface area (Å²) in [5.74, 6) is 0.0112. The molecule has 0 aliphatic rings. The molecule has 1 amide bonds. The summed E-state index contributed by atoms with van der Waals surface area (Å²) >= 11 is 0. The van der Waals surface area contributed by atoms with Gasteiger partial charge in [-0.05, 0) is 42.3 Å². The van der Waals surface area contributed by atoms with Crippen molar-refractivity contribution in [3.8, 4) is 0 Å². The van der Waals surface area contributed by atoms with Crippen LogP contribution in [0.4, 0.5) is 11.6 Å². The first kappa shape index (κ1) is 19.5. The highest BCUT2D eigenvalue weighted by atomic mass is 32.2. The highest BCUT2D eigenvalue weighted by molar-refractivity contribution is 7.89. The van der Waals surface area contributed by atoms with E-state index in [0.717, 1.165) is 5.56 Å². The quantitative estimate of drug-likeness (QED) is 0.560. The molecular formula is C19H19N5O3S. The smallest absolute Gasteiger partial charge is 0.274 e. The van der Waals surface area contributed by atoms with Crippen LogP contribution in [0.3, 0.4) is 0 Å². The Labute approximate surface area is 162 Å². The Bertz CT molecular complexity index is 1050. The number of nitrogens with two attached hydrogens (primary N) is 1. The molecule has 0 saturated carbocycles. The molecule has 1 aromatic heterocycles. The van der Waals surface area contributed by atoms with Gasteiger partial charge in [-0.25, -0.2) is 23.5 Å². The molecule has 0 fully saturated rings. The summed E-state index contributed by atoms with van der Waals surface area (Å²) in [7, 11) is -3.69. The van der Waals surface area contributed by atoms with Gasteiger partial charge in [0.15, 0.2) is 0 Å². The molecule has 0 spiro atoms. The average molecular weight is 397 g/mol. The number of amides is 1. The molecule has 0 atom stereocenters. The van der Waals surface area contributed by atoms with Gasteiger partial charge in [-0.2, -0.15) is 0 Å². The molecule has 1 heterocycles. The molecule has 9 heteroatoms. The maximum Gasteiger partial charge on any atom is 0.274 e. The third-order valence-corrected chi connectivity index (χ3v) is 4.80. The van der Waals surface area contributed by atoms with Gasteiger partial charge in [-0.3, -0.25) is 4.79 Å². The van der Waals surface area contributed by atoms with Gasteiger partial charge >= 0.3 is 0 Å². The van der Waals surface area contributed by atoms with Crippen LogP contribution in [0, 0.1) is 0 Å². The number of hydrogen-bond donors (Lipinski definition) is 3. The van der Waals surface area contributed by atoms with Gasteiger partial charge in [-0.1, -0.05) is 30.3 Å². The van der Waals surface area contributed by atoms with Crippen molar-refractivity contribution >= 4 is 27.6 Å². The van der Waals surface area contributed by atoms with Gasteiger partial charge in [-0.15, -0.1) is 0 Å². The van der Waals surface area contributed by atoms with Crippen LogP contribution in [0.15, 0.2) is 71.8 Å². The Kier molecular flexibility index (Phi) is 5.97. The number of rotatable bonds is 7. The molecule has 0 aliphatic carbocycles. The molecule has 144 valence electrons. The molecule has 0 saturated heterocycles. The van der Waals surface area contributed by atoms with E-state index >= 15 is 0 Å². The minimum atomic E-state index is -3.69. The number of aromatic nitrogens is 2. The zero-order chi connectivity index (χ0) is 20.0. The zero-order valence-electron chi connectivity index (χ0n) is 14.9. The topological polar surface area (TPSA) is 127 Å². The van der Waals surface area contributed by atoms with Gasteiger partial charge in [0.2, 0.25) is 16.0 Å². The fourth-order valence-corrected chi connectivity index (χ4v) is 2.97. The molecule has 4 N–H and O–H groups in total. The molecular weight excluding hydrogens is 378 g/mol. The van der Waals surface area contributed by atoms with Crippen LogP contribution >= 0.6 is 0 Å². The molecule has 8 nitrogen and oxygen atoms in total. The van der Waals surface area contributed by atoms with Crippen LogP contribution in [0.1, 0.15) is 16.1 Å². The van der Waals surface area contributed by atoms with Crippen LogP contribution < -0.4 is 15.8 Å². The van der Waals surface area contributed by atoms with E-state index in [1.165, 1.54) is 24.4 Å². The summed E-state index contributed by atoms with van der Waals surface area (Å²) in [6, 6.07) is 17.0. The number of nitrogens with zero attached hydrogens (tertiary/aromatic N) is 2. The maximum absolute atomic E-state index is 12.3. The normalized spacial score (nSPS) is 11.0. The molecule has 0 radical (unpaired) electrons. The summed E-state index contributed by atoms with van der Waals surface area (Å²) in [5.41, 5.74) is 1.86. The number of benzene rings is 2. The summed E-state index contributed by atoms with van der Waals surface area (Å²) in [6.07, 6.45) is 2.13. The first-order chi connectivity index (χ1) is 13.4. The highest BCUT2D eigenvalue weighted by Gasteiger charge is 2.09. The van der Waals surface area contributed by atoms with Crippen molar-refractivity contribution < 1.29 is 13.2 Å². The number of nitrogens with one attached hydrogen (secondary N) is 2. The molecule has 0 bridgehead atoms. The minimum absolute atomic E-state index is 0.0738. The van der Waals surface area contributed by atoms with E-state index in [9.17, 15) is 13.2 Å². The Morgan fingerprint density at radius 1 is 1.00 bits per heavy atom. The van der Waals surface area contributed by atoms with E-state index in [-0.39, 0.29) is 16.5 Å². The number of sulfonamides is 1. The zero-order valence-corrected chi connectivity index (χ0v) is 15.7. The van der Waals surface area contributed by atoms with Gasteiger partial charge in [0, 0.05) is 18.4 Å². The van der Waals surface area contributed by atoms with E-state index < -0.39 is 10.0 Å². The van der Waals surface area contributed by atoms with Crippen LogP contribution in [0.25, 0.3) is 0 Å². The molecule has 0 unspecified atom stereocenters. The molecule has 28 heavy (non-hydrogen) atoms. The molecule has 3 aromatic rings. The lowest BCUT2D eigenvalue weighted by molar-refractivity contribution is 0.102. The molecule has 2 aromatic carbocycles. The SMILES string of the molecule is NS(=O)(=O)c1ccc(CCNc2nccc(C(=O)Nc3ccccc3)n2)cc1. The second-order valence-corrected chi connectivity index (χ2v) is 7.51. The first-order valence-electron chi connectivity index (χ1n) is 8.47. The average Bonchev–Trinajstić information content (AvgIpc) is 2.69. The predicted octanol–water partition coefficient (Wildman–Crippen LogP) is 2.03. The monoisotopic (exact) mass is 397 g/mol. The Morgan fingerprint density at radius 3 is 2.39 bits per heavy atom. The first-order valence-corrected chi connectivity index (χ1v) is 10.0. The molecule has 3 rings (SSSR count). The lowest BCUT2D eigenvalue weighted by Gasteiger charge is -2.08. The number of carbonyl (C=O) groups excluding carboxylic acids is 1. The van der Waals surface area contributed by atoms with E-state index in [0.29, 0.717) is 24.6 Å². The lowest BCUT2D eigenvalue weighted by Crippen LogP contribution is -2.16. The number of anilines is 2. The summed E-state index contributed by atoms with van der Waals surface area (Å²) in [5, 5.41) is 10.9. The third kappa shape index (κ3) is 5.35. The van der Waals surface area contributed by atoms with Crippen molar-refractivity contribution in [1.29, 1.82) is 0 Å². The van der Waals surface area contributed by atoms with Crippen LogP contribution in [-0.2, 0) is 16.4 Å². The van der Waals surface area contributed by atoms with E-state index in [2.05, 4.69) is 20.6 Å². The second kappa shape index (κ2) is 8.59. The fourth-order valence-electron chi connectivity index (χ4n) is 2.45. The summed E-state index contributed by atoms with van der Waals surface area (Å²) in [6.45, 7) is 0.512. The number of hydrogen-bond acceptors (Lipinski definition) is 6. The van der Waals surface area contributed by atoms with E-state index in [4.69, 9.17) is 5.14 Å². The second-order valence-electron chi connectivity index (χ2n) is 5.95. The van der Waals surface area contributed by atoms with Gasteiger partial charge in [0.1, 0.15) is 5.69 Å². The number of para-hydroxylation sites is 1. The van der Waals surface area contributed by atoms with Gasteiger partial charge in [0.05, 0.1) is 4.90 Å². The van der Waals surface area contributed by atoms with E-state index in [1.54, 1.807) is 24.3 Å². The Balaban J connectivity index is 1.56. The standard InChI is InChI=1S/C19H19N5O3S/c20-28(26,27)16-8-6-14(7-9-16)10-12-21-19-22-13-11-17(24-19)18(25)23-15-4-2-1-3-5-15/h1-9,11,13H,10,12H2,(H,23,25)(H2,20,26,27)(H,21,22,24). The number of primary sulfonamides is 1. The Morgan fingerprint density at radius 2 is 1.71 bits per heavy atom. The third-order valence-electron chi connectivity index (χ3n) is 3.87. The van der Waals surface area contributed by atoms with Gasteiger partial charge < -0.3 is 10.6 Å². The number of carbonyl (C=O) groups is 1. The van der Waals surface area contributed by atoms with Crippen molar-refractivity contribution in [2.24, 2.45) is 5.14 Å². The summed E-state index contributed by atoms with van der Waals surface area (Å²) in [4.78, 5) is 20.7. The highest BCUT2D eigenvalue weighted by Crippen LogP contribution is 2.10. The van der Waals surface area contributed by atoms with Crippen LogP contribution in [-0.4, -0.2) is 30.8 Å². The van der Waals surface area contributed by atoms with Crippen molar-refractivity contribution in [3.05, 3.63) is 78.1 Å². The minimum Gasteiger partial charge on any atom is -0.354 e. The predicted molar refractivity (Wildman–Crippen MR) is 106 cm³/mol. The van der Waals surface area contributed by atoms with Crippen LogP contribution in [0.2, 0.25) is 0 Å². The van der Waals surface area contributed by atoms with Crippen LogP contribution in [0.5, 0.6) is 0 Å².